The predicted octanol–water partition coefficient (Wildman–Crippen LogP) is -1.86. The molecule has 0 radical (unpaired) electrons. The van der Waals surface area contributed by atoms with Crippen molar-refractivity contribution in [3.8, 4) is 0 Å². The SMILES string of the molecule is CCCOC1(C(=O)OC(=O)C2(OCCC)C[C@@H](O)C(O)[C@H](O)C2)C[C@@H](O)C(O)[C@H](O)C1. The third-order valence-corrected chi connectivity index (χ3v) is 5.83. The molecular formula is C20H34O11. The molecule has 4 atom stereocenters. The number of carbonyl (C=O) groups is 2. The second-order valence-corrected chi connectivity index (χ2v) is 8.43. The van der Waals surface area contributed by atoms with Gasteiger partial charge >= 0.3 is 11.9 Å². The number of carbonyl (C=O) groups excluding carboxylic acids is 2. The van der Waals surface area contributed by atoms with Gasteiger partial charge in [-0.15, -0.1) is 0 Å². The molecule has 0 aliphatic heterocycles. The van der Waals surface area contributed by atoms with E-state index >= 15 is 0 Å². The molecular weight excluding hydrogens is 416 g/mol. The molecule has 180 valence electrons. The summed E-state index contributed by atoms with van der Waals surface area (Å²) in [7, 11) is 0. The highest BCUT2D eigenvalue weighted by Gasteiger charge is 2.56. The van der Waals surface area contributed by atoms with Crippen molar-refractivity contribution in [3.63, 3.8) is 0 Å². The fraction of sp³-hybridized carbons (Fsp3) is 0.900. The molecule has 0 aromatic rings. The first-order valence-corrected chi connectivity index (χ1v) is 10.6. The molecule has 11 heteroatoms. The number of aliphatic hydroxyl groups excluding tert-OH is 6. The van der Waals surface area contributed by atoms with E-state index in [1.165, 1.54) is 0 Å². The van der Waals surface area contributed by atoms with Gasteiger partial charge in [0.05, 0.1) is 24.4 Å². The van der Waals surface area contributed by atoms with Gasteiger partial charge in [0.25, 0.3) is 0 Å². The van der Waals surface area contributed by atoms with Gasteiger partial charge in [-0.05, 0) is 12.8 Å². The Morgan fingerprint density at radius 3 is 1.23 bits per heavy atom. The van der Waals surface area contributed by atoms with E-state index in [0.717, 1.165) is 0 Å². The van der Waals surface area contributed by atoms with Gasteiger partial charge in [0.1, 0.15) is 12.2 Å². The normalized spacial score (nSPS) is 41.0. The minimum atomic E-state index is -1.87. The van der Waals surface area contributed by atoms with Gasteiger partial charge in [0.2, 0.25) is 0 Å². The lowest BCUT2D eigenvalue weighted by molar-refractivity contribution is -0.221. The average Bonchev–Trinajstić information content (AvgIpc) is 2.72. The standard InChI is InChI=1S/C20H34O11/c1-3-5-29-19(7-11(21)15(25)12(22)8-19)17(27)31-18(28)20(30-6-4-2)9-13(23)16(26)14(24)10-20/h11-16,21-26H,3-10H2,1-2H3/t11-,12-,13-,14-,15?,16?,19?,20?/m1/s1. The van der Waals surface area contributed by atoms with Crippen molar-refractivity contribution in [1.29, 1.82) is 0 Å². The Morgan fingerprint density at radius 2 is 0.968 bits per heavy atom. The van der Waals surface area contributed by atoms with Crippen LogP contribution in [-0.2, 0) is 23.8 Å². The Kier molecular flexibility index (Phi) is 8.94. The van der Waals surface area contributed by atoms with E-state index in [-0.39, 0.29) is 13.2 Å². The first kappa shape index (κ1) is 26.1. The van der Waals surface area contributed by atoms with E-state index in [1.807, 2.05) is 0 Å². The van der Waals surface area contributed by atoms with Crippen molar-refractivity contribution >= 4 is 11.9 Å². The molecule has 2 fully saturated rings. The maximum atomic E-state index is 13.0. The lowest BCUT2D eigenvalue weighted by Crippen LogP contribution is -2.61. The Labute approximate surface area is 180 Å². The monoisotopic (exact) mass is 450 g/mol. The van der Waals surface area contributed by atoms with E-state index in [0.29, 0.717) is 12.8 Å². The van der Waals surface area contributed by atoms with Crippen molar-refractivity contribution in [3.05, 3.63) is 0 Å². The third-order valence-electron chi connectivity index (χ3n) is 5.83. The van der Waals surface area contributed by atoms with Crippen LogP contribution in [0.4, 0.5) is 0 Å². The molecule has 2 saturated carbocycles. The lowest BCUT2D eigenvalue weighted by Gasteiger charge is -2.43. The van der Waals surface area contributed by atoms with Crippen molar-refractivity contribution < 1.29 is 54.4 Å². The van der Waals surface area contributed by atoms with Crippen molar-refractivity contribution in [1.82, 2.24) is 0 Å². The summed E-state index contributed by atoms with van der Waals surface area (Å²) in [6.07, 6.45) is -9.50. The van der Waals surface area contributed by atoms with E-state index in [4.69, 9.17) is 14.2 Å². The summed E-state index contributed by atoms with van der Waals surface area (Å²) < 4.78 is 16.2. The quantitative estimate of drug-likeness (QED) is 0.180. The Morgan fingerprint density at radius 1 is 0.677 bits per heavy atom. The maximum Gasteiger partial charge on any atom is 0.346 e. The van der Waals surface area contributed by atoms with Crippen LogP contribution in [0.25, 0.3) is 0 Å². The summed E-state index contributed by atoms with van der Waals surface area (Å²) >= 11 is 0. The number of aliphatic hydroxyl groups is 6. The van der Waals surface area contributed by atoms with Crippen molar-refractivity contribution in [2.45, 2.75) is 100 Å². The molecule has 2 rings (SSSR count). The highest BCUT2D eigenvalue weighted by Crippen LogP contribution is 2.37. The number of esters is 2. The first-order chi connectivity index (χ1) is 14.5. The van der Waals surface area contributed by atoms with Crippen LogP contribution in [-0.4, -0.2) is 104 Å². The van der Waals surface area contributed by atoms with E-state index in [1.54, 1.807) is 13.8 Å². The van der Waals surface area contributed by atoms with Crippen molar-refractivity contribution in [2.75, 3.05) is 13.2 Å². The van der Waals surface area contributed by atoms with Gasteiger partial charge < -0.3 is 44.8 Å². The molecule has 11 nitrogen and oxygen atoms in total. The Balaban J connectivity index is 2.27. The molecule has 0 aromatic heterocycles. The maximum absolute atomic E-state index is 13.0. The van der Waals surface area contributed by atoms with Gasteiger partial charge in [0.15, 0.2) is 11.2 Å². The molecule has 31 heavy (non-hydrogen) atoms. The number of hydrogen-bond donors (Lipinski definition) is 6. The molecule has 0 amide bonds. The zero-order valence-corrected chi connectivity index (χ0v) is 17.8. The van der Waals surface area contributed by atoms with Gasteiger partial charge in [-0.1, -0.05) is 13.8 Å². The molecule has 2 aliphatic rings. The summed E-state index contributed by atoms with van der Waals surface area (Å²) in [4.78, 5) is 26.0. The topological polar surface area (TPSA) is 183 Å². The minimum absolute atomic E-state index is 0.0694. The fourth-order valence-electron chi connectivity index (χ4n) is 4.07. The zero-order valence-electron chi connectivity index (χ0n) is 17.8. The first-order valence-electron chi connectivity index (χ1n) is 10.6. The zero-order chi connectivity index (χ0) is 23.4. The van der Waals surface area contributed by atoms with Crippen molar-refractivity contribution in [2.24, 2.45) is 0 Å². The molecule has 0 aromatic carbocycles. The second kappa shape index (κ2) is 10.6. The third kappa shape index (κ3) is 5.60. The summed E-state index contributed by atoms with van der Waals surface area (Å²) in [6, 6.07) is 0. The van der Waals surface area contributed by atoms with Crippen LogP contribution in [0.5, 0.6) is 0 Å². The van der Waals surface area contributed by atoms with Gasteiger partial charge in [-0.25, -0.2) is 9.59 Å². The summed E-state index contributed by atoms with van der Waals surface area (Å²) in [5.74, 6) is -2.35. The highest BCUT2D eigenvalue weighted by atomic mass is 16.6. The van der Waals surface area contributed by atoms with Crippen LogP contribution in [0.2, 0.25) is 0 Å². The van der Waals surface area contributed by atoms with Crippen LogP contribution >= 0.6 is 0 Å². The Bertz CT molecular complexity index is 548. The smallest absolute Gasteiger partial charge is 0.346 e. The molecule has 0 unspecified atom stereocenters. The van der Waals surface area contributed by atoms with Gasteiger partial charge in [-0.2, -0.15) is 0 Å². The van der Waals surface area contributed by atoms with Crippen LogP contribution in [0.3, 0.4) is 0 Å². The molecule has 0 heterocycles. The molecule has 0 spiro atoms. The van der Waals surface area contributed by atoms with Crippen LogP contribution in [0.15, 0.2) is 0 Å². The minimum Gasteiger partial charge on any atom is -0.390 e. The fourth-order valence-corrected chi connectivity index (χ4v) is 4.07. The largest absolute Gasteiger partial charge is 0.390 e. The van der Waals surface area contributed by atoms with E-state index in [2.05, 4.69) is 0 Å². The molecule has 0 bridgehead atoms. The predicted molar refractivity (Wildman–Crippen MR) is 104 cm³/mol. The van der Waals surface area contributed by atoms with E-state index < -0.39 is 85.4 Å². The van der Waals surface area contributed by atoms with Crippen LogP contribution in [0.1, 0.15) is 52.4 Å². The van der Waals surface area contributed by atoms with E-state index in [9.17, 15) is 40.2 Å². The number of hydrogen-bond acceptors (Lipinski definition) is 11. The molecule has 6 N–H and O–H groups in total. The highest BCUT2D eigenvalue weighted by molar-refractivity contribution is 5.94. The van der Waals surface area contributed by atoms with Gasteiger partial charge in [0, 0.05) is 38.9 Å². The van der Waals surface area contributed by atoms with Crippen LogP contribution < -0.4 is 0 Å². The second-order valence-electron chi connectivity index (χ2n) is 8.43. The molecule has 0 saturated heterocycles. The average molecular weight is 450 g/mol. The lowest BCUT2D eigenvalue weighted by atomic mass is 9.78. The number of ether oxygens (including phenoxy) is 3. The van der Waals surface area contributed by atoms with Crippen LogP contribution in [0, 0.1) is 0 Å². The van der Waals surface area contributed by atoms with Gasteiger partial charge in [-0.3, -0.25) is 0 Å². The molecule has 2 aliphatic carbocycles. The number of rotatable bonds is 8. The summed E-state index contributed by atoms with van der Waals surface area (Å²) in [5.41, 5.74) is -3.75. The summed E-state index contributed by atoms with van der Waals surface area (Å²) in [6.45, 7) is 3.69. The summed E-state index contributed by atoms with van der Waals surface area (Å²) in [5, 5.41) is 60.0. The Hall–Kier alpha value is -1.18.